The highest BCUT2D eigenvalue weighted by molar-refractivity contribution is 7.89. The zero-order valence-electron chi connectivity index (χ0n) is 14.0. The Bertz CT molecular complexity index is 804. The lowest BCUT2D eigenvalue weighted by molar-refractivity contribution is 0.102. The van der Waals surface area contributed by atoms with E-state index in [-0.39, 0.29) is 23.2 Å². The summed E-state index contributed by atoms with van der Waals surface area (Å²) >= 11 is 0. The molecule has 0 aliphatic heterocycles. The van der Waals surface area contributed by atoms with Crippen molar-refractivity contribution in [2.75, 3.05) is 24.1 Å². The molecule has 2 aromatic rings. The molecule has 2 rings (SSSR count). The number of nitrogens with one attached hydrogen (secondary N) is 1. The van der Waals surface area contributed by atoms with Crippen molar-refractivity contribution in [3.63, 3.8) is 0 Å². The number of nitrogen functional groups attached to an aromatic ring is 1. The van der Waals surface area contributed by atoms with Gasteiger partial charge in [0.25, 0.3) is 5.91 Å². The molecule has 1 aromatic carbocycles. The Morgan fingerprint density at radius 2 is 1.72 bits per heavy atom. The van der Waals surface area contributed by atoms with Crippen molar-refractivity contribution in [1.29, 1.82) is 0 Å². The molecule has 25 heavy (non-hydrogen) atoms. The van der Waals surface area contributed by atoms with E-state index >= 15 is 0 Å². The van der Waals surface area contributed by atoms with Gasteiger partial charge >= 0.3 is 0 Å². The van der Waals surface area contributed by atoms with Crippen LogP contribution in [0.5, 0.6) is 0 Å². The largest absolute Gasteiger partial charge is 0.384 e. The number of carbonyl (C=O) groups is 1. The summed E-state index contributed by atoms with van der Waals surface area (Å²) in [5, 5.41) is 2.67. The van der Waals surface area contributed by atoms with E-state index in [9.17, 15) is 13.2 Å². The minimum atomic E-state index is -3.53. The van der Waals surface area contributed by atoms with Gasteiger partial charge in [-0.2, -0.15) is 4.31 Å². The van der Waals surface area contributed by atoms with E-state index in [0.717, 1.165) is 0 Å². The number of pyridine rings is 1. The lowest BCUT2D eigenvalue weighted by Gasteiger charge is -2.18. The monoisotopic (exact) mass is 384 g/mol. The number of anilines is 2. The first-order valence-corrected chi connectivity index (χ1v) is 8.95. The van der Waals surface area contributed by atoms with Gasteiger partial charge in [0, 0.05) is 18.7 Å². The van der Waals surface area contributed by atoms with E-state index < -0.39 is 10.0 Å². The number of benzene rings is 1. The zero-order chi connectivity index (χ0) is 17.7. The highest BCUT2D eigenvalue weighted by Gasteiger charge is 2.21. The third kappa shape index (κ3) is 4.91. The van der Waals surface area contributed by atoms with E-state index in [2.05, 4.69) is 10.3 Å². The van der Waals surface area contributed by atoms with Crippen molar-refractivity contribution < 1.29 is 13.2 Å². The van der Waals surface area contributed by atoms with E-state index in [1.165, 1.54) is 34.8 Å². The van der Waals surface area contributed by atoms with E-state index in [1.54, 1.807) is 26.0 Å². The van der Waals surface area contributed by atoms with Crippen LogP contribution in [0.15, 0.2) is 47.5 Å². The minimum Gasteiger partial charge on any atom is -0.384 e. The van der Waals surface area contributed by atoms with Crippen molar-refractivity contribution in [3.8, 4) is 0 Å². The zero-order valence-corrected chi connectivity index (χ0v) is 15.6. The second-order valence-electron chi connectivity index (χ2n) is 5.04. The molecule has 0 radical (unpaired) electrons. The SMILES string of the molecule is CCN(CC)S(=O)(=O)c1ccc(C(=O)Nc2ccc(N)nc2)cc1.Cl. The van der Waals surface area contributed by atoms with Gasteiger partial charge in [-0.1, -0.05) is 13.8 Å². The molecular formula is C16H21ClN4O3S. The van der Waals surface area contributed by atoms with Gasteiger partial charge in [0.1, 0.15) is 5.82 Å². The van der Waals surface area contributed by atoms with Crippen LogP contribution in [0.4, 0.5) is 11.5 Å². The number of nitrogens with two attached hydrogens (primary N) is 1. The Kier molecular flexibility index (Phi) is 7.35. The van der Waals surface area contributed by atoms with Crippen molar-refractivity contribution >= 4 is 39.8 Å². The van der Waals surface area contributed by atoms with E-state index in [0.29, 0.717) is 30.2 Å². The summed E-state index contributed by atoms with van der Waals surface area (Å²) in [6.45, 7) is 4.35. The van der Waals surface area contributed by atoms with Gasteiger partial charge in [-0.05, 0) is 36.4 Å². The lowest BCUT2D eigenvalue weighted by Crippen LogP contribution is -2.30. The Hall–Kier alpha value is -2.16. The number of rotatable bonds is 6. The van der Waals surface area contributed by atoms with E-state index in [4.69, 9.17) is 5.73 Å². The highest BCUT2D eigenvalue weighted by atomic mass is 35.5. The summed E-state index contributed by atoms with van der Waals surface area (Å²) in [6, 6.07) is 9.05. The Morgan fingerprint density at radius 1 is 1.12 bits per heavy atom. The summed E-state index contributed by atoms with van der Waals surface area (Å²) in [5.41, 5.74) is 6.35. The maximum Gasteiger partial charge on any atom is 0.255 e. The normalized spacial score (nSPS) is 11.0. The lowest BCUT2D eigenvalue weighted by atomic mass is 10.2. The molecule has 0 saturated carbocycles. The number of aromatic nitrogens is 1. The molecule has 1 amide bonds. The van der Waals surface area contributed by atoms with Gasteiger partial charge in [-0.15, -0.1) is 12.4 Å². The number of hydrogen-bond donors (Lipinski definition) is 2. The molecular weight excluding hydrogens is 364 g/mol. The fraction of sp³-hybridized carbons (Fsp3) is 0.250. The Labute approximate surface area is 153 Å². The highest BCUT2D eigenvalue weighted by Crippen LogP contribution is 2.17. The molecule has 0 spiro atoms. The van der Waals surface area contributed by atoms with Gasteiger partial charge < -0.3 is 11.1 Å². The molecule has 0 aliphatic carbocycles. The molecule has 7 nitrogen and oxygen atoms in total. The van der Waals surface area contributed by atoms with Crippen LogP contribution >= 0.6 is 12.4 Å². The molecule has 0 unspecified atom stereocenters. The molecule has 0 aliphatic rings. The van der Waals surface area contributed by atoms with Gasteiger partial charge in [-0.25, -0.2) is 13.4 Å². The van der Waals surface area contributed by atoms with Crippen LogP contribution in [0.1, 0.15) is 24.2 Å². The van der Waals surface area contributed by atoms with Crippen LogP contribution in [0.2, 0.25) is 0 Å². The fourth-order valence-electron chi connectivity index (χ4n) is 2.17. The maximum atomic E-state index is 12.4. The molecule has 1 aromatic heterocycles. The number of halogens is 1. The smallest absolute Gasteiger partial charge is 0.255 e. The molecule has 3 N–H and O–H groups in total. The van der Waals surface area contributed by atoms with Crippen LogP contribution in [-0.4, -0.2) is 36.7 Å². The Balaban J connectivity index is 0.00000312. The van der Waals surface area contributed by atoms with Crippen LogP contribution in [0, 0.1) is 0 Å². The number of amides is 1. The summed E-state index contributed by atoms with van der Waals surface area (Å²) in [4.78, 5) is 16.2. The number of hydrogen-bond acceptors (Lipinski definition) is 5. The first-order valence-electron chi connectivity index (χ1n) is 7.51. The third-order valence-electron chi connectivity index (χ3n) is 3.50. The summed E-state index contributed by atoms with van der Waals surface area (Å²) in [6.07, 6.45) is 1.45. The first kappa shape index (κ1) is 20.9. The second kappa shape index (κ2) is 8.80. The number of carbonyl (C=O) groups excluding carboxylic acids is 1. The molecule has 0 saturated heterocycles. The predicted octanol–water partition coefficient (Wildman–Crippen LogP) is 2.37. The second-order valence-corrected chi connectivity index (χ2v) is 6.98. The molecule has 0 fully saturated rings. The molecule has 1 heterocycles. The van der Waals surface area contributed by atoms with Gasteiger partial charge in [0.15, 0.2) is 0 Å². The van der Waals surface area contributed by atoms with Gasteiger partial charge in [-0.3, -0.25) is 4.79 Å². The van der Waals surface area contributed by atoms with E-state index in [1.807, 2.05) is 0 Å². The number of sulfonamides is 1. The molecule has 0 bridgehead atoms. The van der Waals surface area contributed by atoms with Crippen molar-refractivity contribution in [2.24, 2.45) is 0 Å². The first-order chi connectivity index (χ1) is 11.4. The van der Waals surface area contributed by atoms with Gasteiger partial charge in [0.2, 0.25) is 10.0 Å². The topological polar surface area (TPSA) is 105 Å². The fourth-order valence-corrected chi connectivity index (χ4v) is 3.63. The third-order valence-corrected chi connectivity index (χ3v) is 5.57. The Morgan fingerprint density at radius 3 is 2.20 bits per heavy atom. The van der Waals surface area contributed by atoms with Crippen LogP contribution in [0.25, 0.3) is 0 Å². The molecule has 136 valence electrons. The molecule has 0 atom stereocenters. The minimum absolute atomic E-state index is 0. The van der Waals surface area contributed by atoms with Crippen LogP contribution in [0.3, 0.4) is 0 Å². The summed E-state index contributed by atoms with van der Waals surface area (Å²) < 4.78 is 26.2. The number of nitrogens with zero attached hydrogens (tertiary/aromatic N) is 2. The van der Waals surface area contributed by atoms with Crippen LogP contribution < -0.4 is 11.1 Å². The average molecular weight is 385 g/mol. The van der Waals surface area contributed by atoms with Crippen molar-refractivity contribution in [3.05, 3.63) is 48.2 Å². The summed E-state index contributed by atoms with van der Waals surface area (Å²) in [5.74, 6) is 0.00678. The maximum absolute atomic E-state index is 12.4. The van der Waals surface area contributed by atoms with Gasteiger partial charge in [0.05, 0.1) is 16.8 Å². The van der Waals surface area contributed by atoms with Crippen molar-refractivity contribution in [1.82, 2.24) is 9.29 Å². The average Bonchev–Trinajstić information content (AvgIpc) is 2.58. The quantitative estimate of drug-likeness (QED) is 0.795. The predicted molar refractivity (Wildman–Crippen MR) is 100 cm³/mol. The molecule has 9 heteroatoms. The van der Waals surface area contributed by atoms with Crippen molar-refractivity contribution in [2.45, 2.75) is 18.7 Å². The summed E-state index contributed by atoms with van der Waals surface area (Å²) in [7, 11) is -3.53. The standard InChI is InChI=1S/C16H20N4O3S.ClH/c1-3-20(4-2)24(22,23)14-8-5-12(6-9-14)16(21)19-13-7-10-15(17)18-11-13;/h5-11H,3-4H2,1-2H3,(H2,17,18)(H,19,21);1H. The van der Waals surface area contributed by atoms with Crippen LogP contribution in [-0.2, 0) is 10.0 Å².